The predicted molar refractivity (Wildman–Crippen MR) is 75.6 cm³/mol. The van der Waals surface area contributed by atoms with Crippen molar-refractivity contribution in [1.29, 1.82) is 0 Å². The van der Waals surface area contributed by atoms with E-state index in [9.17, 15) is 0 Å². The lowest BCUT2D eigenvalue weighted by molar-refractivity contribution is 0.112. The van der Waals surface area contributed by atoms with E-state index >= 15 is 0 Å². The standard InChI is InChI=1S/C14H21ClN2O/c15-14-5-4-12(16)9-11(14)10-17-7-2-1-3-13(17)6-8-18/h4-5,9,13,18H,1-3,6-8,10,16H2. The van der Waals surface area contributed by atoms with Crippen LogP contribution in [-0.2, 0) is 6.54 Å². The molecule has 0 saturated carbocycles. The summed E-state index contributed by atoms with van der Waals surface area (Å²) in [6.45, 7) is 2.16. The van der Waals surface area contributed by atoms with Crippen molar-refractivity contribution in [2.24, 2.45) is 0 Å². The van der Waals surface area contributed by atoms with Crippen LogP contribution in [0.5, 0.6) is 0 Å². The van der Waals surface area contributed by atoms with Crippen LogP contribution in [0, 0.1) is 0 Å². The maximum absolute atomic E-state index is 9.13. The molecule has 3 N–H and O–H groups in total. The Morgan fingerprint density at radius 1 is 1.39 bits per heavy atom. The third-order valence-electron chi connectivity index (χ3n) is 3.65. The molecule has 1 saturated heterocycles. The third kappa shape index (κ3) is 3.37. The Hall–Kier alpha value is -0.770. The van der Waals surface area contributed by atoms with Crippen molar-refractivity contribution in [2.45, 2.75) is 38.3 Å². The molecular formula is C14H21ClN2O. The van der Waals surface area contributed by atoms with Gasteiger partial charge in [0.05, 0.1) is 0 Å². The lowest BCUT2D eigenvalue weighted by atomic mass is 9.98. The molecule has 18 heavy (non-hydrogen) atoms. The van der Waals surface area contributed by atoms with E-state index in [1.807, 2.05) is 18.2 Å². The smallest absolute Gasteiger partial charge is 0.0452 e. The van der Waals surface area contributed by atoms with Gasteiger partial charge in [-0.25, -0.2) is 0 Å². The fourth-order valence-corrected chi connectivity index (χ4v) is 2.86. The van der Waals surface area contributed by atoms with Gasteiger partial charge in [0.1, 0.15) is 0 Å². The van der Waals surface area contributed by atoms with Crippen molar-refractivity contribution >= 4 is 17.3 Å². The molecule has 100 valence electrons. The summed E-state index contributed by atoms with van der Waals surface area (Å²) in [6.07, 6.45) is 4.49. The fraction of sp³-hybridized carbons (Fsp3) is 0.571. The molecule has 1 aliphatic rings. The Labute approximate surface area is 114 Å². The average molecular weight is 269 g/mol. The first-order valence-electron chi connectivity index (χ1n) is 6.59. The highest BCUT2D eigenvalue weighted by Gasteiger charge is 2.22. The van der Waals surface area contributed by atoms with Crippen molar-refractivity contribution in [1.82, 2.24) is 4.90 Å². The summed E-state index contributed by atoms with van der Waals surface area (Å²) in [5.41, 5.74) is 7.65. The summed E-state index contributed by atoms with van der Waals surface area (Å²) in [6, 6.07) is 6.11. The largest absolute Gasteiger partial charge is 0.399 e. The van der Waals surface area contributed by atoms with E-state index in [1.165, 1.54) is 19.3 Å². The van der Waals surface area contributed by atoms with Crippen LogP contribution in [-0.4, -0.2) is 29.2 Å². The maximum Gasteiger partial charge on any atom is 0.0452 e. The molecule has 0 amide bonds. The van der Waals surface area contributed by atoms with Crippen molar-refractivity contribution < 1.29 is 5.11 Å². The number of nitrogen functional groups attached to an aromatic ring is 1. The fourth-order valence-electron chi connectivity index (χ4n) is 2.68. The van der Waals surface area contributed by atoms with Crippen LogP contribution in [0.15, 0.2) is 18.2 Å². The van der Waals surface area contributed by atoms with Crippen LogP contribution >= 0.6 is 11.6 Å². The van der Waals surface area contributed by atoms with E-state index in [0.29, 0.717) is 6.04 Å². The van der Waals surface area contributed by atoms with Crippen molar-refractivity contribution in [2.75, 3.05) is 18.9 Å². The van der Waals surface area contributed by atoms with Crippen LogP contribution in [0.4, 0.5) is 5.69 Å². The monoisotopic (exact) mass is 268 g/mol. The van der Waals surface area contributed by atoms with Gasteiger partial charge in [0, 0.05) is 29.9 Å². The Bertz CT molecular complexity index is 395. The van der Waals surface area contributed by atoms with Crippen molar-refractivity contribution in [3.8, 4) is 0 Å². The number of halogens is 1. The Morgan fingerprint density at radius 2 is 2.22 bits per heavy atom. The lowest BCUT2D eigenvalue weighted by Gasteiger charge is -2.35. The van der Waals surface area contributed by atoms with Crippen LogP contribution < -0.4 is 5.73 Å². The number of likely N-dealkylation sites (tertiary alicyclic amines) is 1. The summed E-state index contributed by atoms with van der Waals surface area (Å²) in [5.74, 6) is 0. The van der Waals surface area contributed by atoms with E-state index in [0.717, 1.165) is 35.8 Å². The summed E-state index contributed by atoms with van der Waals surface area (Å²) < 4.78 is 0. The van der Waals surface area contributed by atoms with Gasteiger partial charge in [0.25, 0.3) is 0 Å². The highest BCUT2D eigenvalue weighted by molar-refractivity contribution is 6.31. The number of piperidine rings is 1. The molecule has 2 rings (SSSR count). The Morgan fingerprint density at radius 3 is 3.00 bits per heavy atom. The second-order valence-electron chi connectivity index (χ2n) is 4.98. The van der Waals surface area contributed by atoms with E-state index in [-0.39, 0.29) is 6.61 Å². The van der Waals surface area contributed by atoms with E-state index in [2.05, 4.69) is 4.90 Å². The van der Waals surface area contributed by atoms with Crippen LogP contribution in [0.25, 0.3) is 0 Å². The summed E-state index contributed by atoms with van der Waals surface area (Å²) >= 11 is 6.21. The van der Waals surface area contributed by atoms with Crippen LogP contribution in [0.2, 0.25) is 5.02 Å². The zero-order chi connectivity index (χ0) is 13.0. The number of benzene rings is 1. The molecule has 0 aromatic heterocycles. The highest BCUT2D eigenvalue weighted by atomic mass is 35.5. The number of anilines is 1. The molecule has 1 heterocycles. The summed E-state index contributed by atoms with van der Waals surface area (Å²) in [4.78, 5) is 2.42. The van der Waals surface area contributed by atoms with E-state index < -0.39 is 0 Å². The number of aliphatic hydroxyl groups is 1. The minimum Gasteiger partial charge on any atom is -0.399 e. The van der Waals surface area contributed by atoms with Gasteiger partial charge in [0.15, 0.2) is 0 Å². The quantitative estimate of drug-likeness (QED) is 0.826. The minimum atomic E-state index is 0.256. The maximum atomic E-state index is 9.13. The molecule has 0 spiro atoms. The van der Waals surface area contributed by atoms with E-state index in [4.69, 9.17) is 22.4 Å². The van der Waals surface area contributed by atoms with Gasteiger partial charge in [-0.2, -0.15) is 0 Å². The molecule has 1 aromatic rings. The van der Waals surface area contributed by atoms with Gasteiger partial charge >= 0.3 is 0 Å². The molecular weight excluding hydrogens is 248 g/mol. The first-order chi connectivity index (χ1) is 8.70. The van der Waals surface area contributed by atoms with Gasteiger partial charge in [-0.3, -0.25) is 4.90 Å². The third-order valence-corrected chi connectivity index (χ3v) is 4.02. The molecule has 1 aliphatic heterocycles. The molecule has 3 nitrogen and oxygen atoms in total. The van der Waals surface area contributed by atoms with Crippen molar-refractivity contribution in [3.63, 3.8) is 0 Å². The Kier molecular flexibility index (Phi) is 4.87. The predicted octanol–water partition coefficient (Wildman–Crippen LogP) is 2.66. The first-order valence-corrected chi connectivity index (χ1v) is 6.97. The van der Waals surface area contributed by atoms with Gasteiger partial charge < -0.3 is 10.8 Å². The topological polar surface area (TPSA) is 49.5 Å². The number of nitrogens with zero attached hydrogens (tertiary/aromatic N) is 1. The molecule has 0 aliphatic carbocycles. The first kappa shape index (κ1) is 13.7. The van der Waals surface area contributed by atoms with Gasteiger partial charge in [0.2, 0.25) is 0 Å². The number of nitrogens with two attached hydrogens (primary N) is 1. The normalized spacial score (nSPS) is 21.1. The second kappa shape index (κ2) is 6.41. The zero-order valence-corrected chi connectivity index (χ0v) is 11.4. The summed E-state index contributed by atoms with van der Waals surface area (Å²) in [7, 11) is 0. The second-order valence-corrected chi connectivity index (χ2v) is 5.39. The molecule has 0 radical (unpaired) electrons. The van der Waals surface area contributed by atoms with Crippen LogP contribution in [0.3, 0.4) is 0 Å². The number of aliphatic hydroxyl groups excluding tert-OH is 1. The molecule has 1 atom stereocenters. The molecule has 1 fully saturated rings. The number of hydrogen-bond acceptors (Lipinski definition) is 3. The minimum absolute atomic E-state index is 0.256. The molecule has 0 bridgehead atoms. The Balaban J connectivity index is 2.08. The molecule has 1 aromatic carbocycles. The van der Waals surface area contributed by atoms with E-state index in [1.54, 1.807) is 0 Å². The number of rotatable bonds is 4. The SMILES string of the molecule is Nc1ccc(Cl)c(CN2CCCCC2CCO)c1. The number of hydrogen-bond donors (Lipinski definition) is 2. The molecule has 1 unspecified atom stereocenters. The molecule has 4 heteroatoms. The van der Waals surface area contributed by atoms with Crippen molar-refractivity contribution in [3.05, 3.63) is 28.8 Å². The highest BCUT2D eigenvalue weighted by Crippen LogP contribution is 2.25. The zero-order valence-electron chi connectivity index (χ0n) is 10.6. The van der Waals surface area contributed by atoms with Gasteiger partial charge in [-0.05, 0) is 49.6 Å². The summed E-state index contributed by atoms with van der Waals surface area (Å²) in [5, 5.41) is 9.90. The lowest BCUT2D eigenvalue weighted by Crippen LogP contribution is -2.39. The van der Waals surface area contributed by atoms with Crippen LogP contribution in [0.1, 0.15) is 31.2 Å². The van der Waals surface area contributed by atoms with Gasteiger partial charge in [-0.15, -0.1) is 0 Å². The van der Waals surface area contributed by atoms with Gasteiger partial charge in [-0.1, -0.05) is 18.0 Å². The average Bonchev–Trinajstić information content (AvgIpc) is 2.36.